The van der Waals surface area contributed by atoms with Crippen molar-refractivity contribution in [2.75, 3.05) is 12.5 Å². The molecule has 0 aliphatic carbocycles. The fourth-order valence-corrected chi connectivity index (χ4v) is 3.02. The minimum absolute atomic E-state index is 0.132. The number of rotatable bonds is 5. The van der Waals surface area contributed by atoms with Gasteiger partial charge in [-0.25, -0.2) is 4.98 Å². The minimum Gasteiger partial charge on any atom is -0.454 e. The predicted octanol–water partition coefficient (Wildman–Crippen LogP) is 0.783. The van der Waals surface area contributed by atoms with Gasteiger partial charge in [-0.3, -0.25) is 14.7 Å². The predicted molar refractivity (Wildman–Crippen MR) is 89.6 cm³/mol. The quantitative estimate of drug-likeness (QED) is 0.454. The summed E-state index contributed by atoms with van der Waals surface area (Å²) in [5, 5.41) is 9.97. The van der Waals surface area contributed by atoms with Crippen molar-refractivity contribution in [3.63, 3.8) is 0 Å². The molecule has 3 aromatic rings. The van der Waals surface area contributed by atoms with Crippen LogP contribution in [0, 0.1) is 0 Å². The molecule has 3 N–H and O–H groups in total. The van der Waals surface area contributed by atoms with E-state index in [1.54, 1.807) is 0 Å². The zero-order chi connectivity index (χ0) is 17.2. The first-order valence-corrected chi connectivity index (χ1v) is 8.39. The van der Waals surface area contributed by atoms with E-state index in [4.69, 9.17) is 9.47 Å². The number of carbonyl (C=O) groups is 1. The molecule has 0 bridgehead atoms. The molecule has 1 aromatic carbocycles. The number of aromatic nitrogens is 4. The highest BCUT2D eigenvalue weighted by atomic mass is 32.2. The minimum atomic E-state index is -0.290. The molecule has 0 unspecified atom stereocenters. The standard InChI is InChI=1S/C15H13N5O4S/c21-12(16-4-8-1-2-10-11(3-8)24-7-23-10)6-25-15-18-13-9(5-17-20-13)14(22)19-15/h1-3,5H,4,6-7H2,(H,16,21)(H2,17,18,19,20,22). The van der Waals surface area contributed by atoms with Crippen LogP contribution in [0.1, 0.15) is 5.56 Å². The maximum absolute atomic E-state index is 12.0. The van der Waals surface area contributed by atoms with Crippen LogP contribution in [-0.2, 0) is 11.3 Å². The van der Waals surface area contributed by atoms with Crippen LogP contribution in [0.15, 0.2) is 34.3 Å². The number of hydrogen-bond donors (Lipinski definition) is 3. The van der Waals surface area contributed by atoms with Crippen LogP contribution < -0.4 is 20.3 Å². The Kier molecular flexibility index (Phi) is 4.02. The second-order valence-electron chi connectivity index (χ2n) is 5.26. The van der Waals surface area contributed by atoms with Gasteiger partial charge in [-0.05, 0) is 17.7 Å². The molecule has 0 radical (unpaired) electrons. The first-order chi connectivity index (χ1) is 12.2. The van der Waals surface area contributed by atoms with Gasteiger partial charge >= 0.3 is 0 Å². The normalized spacial score (nSPS) is 12.5. The van der Waals surface area contributed by atoms with Crippen molar-refractivity contribution in [2.24, 2.45) is 0 Å². The molecule has 25 heavy (non-hydrogen) atoms. The van der Waals surface area contributed by atoms with Gasteiger partial charge < -0.3 is 19.8 Å². The summed E-state index contributed by atoms with van der Waals surface area (Å²) in [5.41, 5.74) is 1.02. The second-order valence-corrected chi connectivity index (χ2v) is 6.22. The van der Waals surface area contributed by atoms with Gasteiger partial charge in [-0.2, -0.15) is 5.10 Å². The van der Waals surface area contributed by atoms with E-state index >= 15 is 0 Å². The van der Waals surface area contributed by atoms with Crippen molar-refractivity contribution in [2.45, 2.75) is 11.7 Å². The number of benzene rings is 1. The van der Waals surface area contributed by atoms with Crippen LogP contribution in [0.3, 0.4) is 0 Å². The smallest absolute Gasteiger partial charge is 0.262 e. The summed E-state index contributed by atoms with van der Waals surface area (Å²) in [6, 6.07) is 5.51. The summed E-state index contributed by atoms with van der Waals surface area (Å²) < 4.78 is 10.5. The monoisotopic (exact) mass is 359 g/mol. The Balaban J connectivity index is 1.33. The van der Waals surface area contributed by atoms with Crippen LogP contribution in [0.25, 0.3) is 11.0 Å². The van der Waals surface area contributed by atoms with Crippen molar-refractivity contribution >= 4 is 28.7 Å². The van der Waals surface area contributed by atoms with Crippen molar-refractivity contribution in [3.05, 3.63) is 40.3 Å². The Morgan fingerprint density at radius 1 is 1.32 bits per heavy atom. The number of amides is 1. The Bertz CT molecular complexity index is 999. The molecule has 3 heterocycles. The van der Waals surface area contributed by atoms with Gasteiger partial charge in [0, 0.05) is 6.54 Å². The summed E-state index contributed by atoms with van der Waals surface area (Å²) in [5.74, 6) is 1.34. The lowest BCUT2D eigenvalue weighted by molar-refractivity contribution is -0.118. The highest BCUT2D eigenvalue weighted by molar-refractivity contribution is 7.99. The van der Waals surface area contributed by atoms with Gasteiger partial charge in [0.15, 0.2) is 22.3 Å². The summed E-state index contributed by atoms with van der Waals surface area (Å²) in [6.45, 7) is 0.591. The summed E-state index contributed by atoms with van der Waals surface area (Å²) in [4.78, 5) is 30.6. The van der Waals surface area contributed by atoms with Crippen LogP contribution in [0.4, 0.5) is 0 Å². The van der Waals surface area contributed by atoms with E-state index in [1.165, 1.54) is 6.20 Å². The molecule has 128 valence electrons. The maximum atomic E-state index is 12.0. The molecule has 10 heteroatoms. The van der Waals surface area contributed by atoms with E-state index < -0.39 is 0 Å². The van der Waals surface area contributed by atoms with Crippen molar-refractivity contribution in [3.8, 4) is 11.5 Å². The molecule has 0 fully saturated rings. The number of H-pyrrole nitrogens is 2. The third-order valence-electron chi connectivity index (χ3n) is 3.56. The molecule has 0 saturated carbocycles. The van der Waals surface area contributed by atoms with E-state index in [0.717, 1.165) is 17.3 Å². The highest BCUT2D eigenvalue weighted by Crippen LogP contribution is 2.32. The van der Waals surface area contributed by atoms with Crippen LogP contribution in [0.5, 0.6) is 11.5 Å². The van der Waals surface area contributed by atoms with Gasteiger partial charge in [-0.1, -0.05) is 17.8 Å². The number of thioether (sulfide) groups is 1. The molecule has 1 amide bonds. The van der Waals surface area contributed by atoms with E-state index in [1.807, 2.05) is 18.2 Å². The number of nitrogens with one attached hydrogen (secondary N) is 3. The first-order valence-electron chi connectivity index (χ1n) is 7.40. The summed E-state index contributed by atoms with van der Waals surface area (Å²) in [7, 11) is 0. The number of carbonyl (C=O) groups excluding carboxylic acids is 1. The largest absolute Gasteiger partial charge is 0.454 e. The van der Waals surface area contributed by atoms with E-state index in [0.29, 0.717) is 34.2 Å². The first kappa shape index (κ1) is 15.5. The average Bonchev–Trinajstić information content (AvgIpc) is 3.26. The lowest BCUT2D eigenvalue weighted by Crippen LogP contribution is -2.24. The Morgan fingerprint density at radius 2 is 2.20 bits per heavy atom. The molecule has 9 nitrogen and oxygen atoms in total. The maximum Gasteiger partial charge on any atom is 0.262 e. The highest BCUT2D eigenvalue weighted by Gasteiger charge is 2.13. The molecule has 0 spiro atoms. The third kappa shape index (κ3) is 3.29. The number of ether oxygens (including phenoxy) is 2. The number of hydrogen-bond acceptors (Lipinski definition) is 7. The van der Waals surface area contributed by atoms with E-state index in [9.17, 15) is 9.59 Å². The third-order valence-corrected chi connectivity index (χ3v) is 4.44. The molecule has 4 rings (SSSR count). The van der Waals surface area contributed by atoms with Gasteiger partial charge in [0.05, 0.1) is 11.9 Å². The number of aromatic amines is 2. The lowest BCUT2D eigenvalue weighted by Gasteiger charge is -2.06. The fraction of sp³-hybridized carbons (Fsp3) is 0.200. The van der Waals surface area contributed by atoms with Gasteiger partial charge in [0.25, 0.3) is 5.56 Å². The van der Waals surface area contributed by atoms with E-state index in [-0.39, 0.29) is 24.0 Å². The second kappa shape index (κ2) is 6.48. The number of fused-ring (bicyclic) bond motifs is 2. The molecule has 2 aromatic heterocycles. The Hall–Kier alpha value is -3.01. The summed E-state index contributed by atoms with van der Waals surface area (Å²) >= 11 is 1.15. The lowest BCUT2D eigenvalue weighted by atomic mass is 10.2. The zero-order valence-corrected chi connectivity index (χ0v) is 13.7. The van der Waals surface area contributed by atoms with Gasteiger partial charge in [-0.15, -0.1) is 0 Å². The molecule has 0 atom stereocenters. The van der Waals surface area contributed by atoms with Gasteiger partial charge in [0.1, 0.15) is 5.39 Å². The fourth-order valence-electron chi connectivity index (χ4n) is 2.33. The Morgan fingerprint density at radius 3 is 3.12 bits per heavy atom. The van der Waals surface area contributed by atoms with Crippen LogP contribution in [-0.4, -0.2) is 38.6 Å². The average molecular weight is 359 g/mol. The molecular formula is C15H13N5O4S. The molecular weight excluding hydrogens is 346 g/mol. The SMILES string of the molecule is O=C(CSc1nc2[nH]ncc2c(=O)[nH]1)NCc1ccc2c(c1)OCO2. The van der Waals surface area contributed by atoms with Gasteiger partial charge in [0.2, 0.25) is 12.7 Å². The van der Waals surface area contributed by atoms with E-state index in [2.05, 4.69) is 25.5 Å². The number of nitrogens with zero attached hydrogens (tertiary/aromatic N) is 2. The molecule has 0 saturated heterocycles. The zero-order valence-electron chi connectivity index (χ0n) is 12.9. The van der Waals surface area contributed by atoms with Crippen molar-refractivity contribution in [1.29, 1.82) is 0 Å². The van der Waals surface area contributed by atoms with Crippen molar-refractivity contribution in [1.82, 2.24) is 25.5 Å². The molecule has 1 aliphatic rings. The topological polar surface area (TPSA) is 122 Å². The summed E-state index contributed by atoms with van der Waals surface area (Å²) in [6.07, 6.45) is 1.41. The molecule has 1 aliphatic heterocycles. The van der Waals surface area contributed by atoms with Crippen molar-refractivity contribution < 1.29 is 14.3 Å². The Labute approximate surface area is 145 Å². The van der Waals surface area contributed by atoms with Crippen LogP contribution in [0.2, 0.25) is 0 Å². The van der Waals surface area contributed by atoms with Crippen LogP contribution >= 0.6 is 11.8 Å².